The van der Waals surface area contributed by atoms with E-state index >= 15 is 0 Å². The summed E-state index contributed by atoms with van der Waals surface area (Å²) in [6, 6.07) is 5.02. The molecule has 2 rings (SSSR count). The van der Waals surface area contributed by atoms with E-state index in [0.29, 0.717) is 12.0 Å². The van der Waals surface area contributed by atoms with Gasteiger partial charge in [0.15, 0.2) is 5.60 Å². The molecule has 0 aromatic heterocycles. The van der Waals surface area contributed by atoms with E-state index in [2.05, 4.69) is 4.74 Å². The monoisotopic (exact) mass is 270 g/mol. The Kier molecular flexibility index (Phi) is 3.34. The fourth-order valence-corrected chi connectivity index (χ4v) is 2.46. The molecule has 19 heavy (non-hydrogen) atoms. The van der Waals surface area contributed by atoms with Gasteiger partial charge in [0, 0.05) is 0 Å². The Hall–Kier alpha value is -1.49. The van der Waals surface area contributed by atoms with Gasteiger partial charge in [-0.1, -0.05) is 23.8 Å². The van der Waals surface area contributed by atoms with Crippen LogP contribution in [0, 0.1) is 6.92 Å². The van der Waals surface area contributed by atoms with E-state index < -0.39 is 17.5 Å². The van der Waals surface area contributed by atoms with Crippen LogP contribution in [-0.4, -0.2) is 23.6 Å². The van der Waals surface area contributed by atoms with E-state index in [-0.39, 0.29) is 18.6 Å². The molecule has 0 aliphatic heterocycles. The lowest BCUT2D eigenvalue weighted by atomic mass is 9.88. The molecular formula is C14H16F2O3. The first-order valence-corrected chi connectivity index (χ1v) is 6.20. The fourth-order valence-electron chi connectivity index (χ4n) is 2.46. The lowest BCUT2D eigenvalue weighted by Gasteiger charge is -2.31. The van der Waals surface area contributed by atoms with Crippen LogP contribution >= 0.6 is 0 Å². The van der Waals surface area contributed by atoms with Crippen molar-refractivity contribution in [1.29, 1.82) is 0 Å². The molecule has 0 saturated heterocycles. The van der Waals surface area contributed by atoms with Gasteiger partial charge in [-0.3, -0.25) is 0 Å². The molecule has 0 heterocycles. The Morgan fingerprint density at radius 1 is 1.53 bits per heavy atom. The minimum Gasteiger partial charge on any atom is -0.461 e. The van der Waals surface area contributed by atoms with Crippen molar-refractivity contribution in [3.63, 3.8) is 0 Å². The van der Waals surface area contributed by atoms with Crippen LogP contribution in [0.3, 0.4) is 0 Å². The molecule has 1 atom stereocenters. The summed E-state index contributed by atoms with van der Waals surface area (Å²) in [5.74, 6) is -5.62. The number of rotatable bonds is 3. The van der Waals surface area contributed by atoms with Gasteiger partial charge in [-0.15, -0.1) is 0 Å². The molecule has 1 aromatic rings. The van der Waals surface area contributed by atoms with Gasteiger partial charge in [0.25, 0.3) is 0 Å². The lowest BCUT2D eigenvalue weighted by Crippen LogP contribution is -2.50. The van der Waals surface area contributed by atoms with Crippen LogP contribution in [0.4, 0.5) is 8.78 Å². The van der Waals surface area contributed by atoms with Crippen LogP contribution in [0.5, 0.6) is 0 Å². The maximum atomic E-state index is 14.2. The number of ether oxygens (including phenoxy) is 1. The van der Waals surface area contributed by atoms with Gasteiger partial charge in [0.2, 0.25) is 0 Å². The van der Waals surface area contributed by atoms with Crippen molar-refractivity contribution in [3.8, 4) is 0 Å². The first-order chi connectivity index (χ1) is 8.83. The first kappa shape index (κ1) is 13.9. The van der Waals surface area contributed by atoms with Crippen molar-refractivity contribution in [2.75, 3.05) is 6.61 Å². The average molecular weight is 270 g/mol. The number of hydrogen-bond acceptors (Lipinski definition) is 3. The second kappa shape index (κ2) is 4.56. The van der Waals surface area contributed by atoms with Crippen molar-refractivity contribution in [2.45, 2.75) is 38.2 Å². The Bertz CT molecular complexity index is 513. The lowest BCUT2D eigenvalue weighted by molar-refractivity contribution is -0.216. The quantitative estimate of drug-likeness (QED) is 0.857. The highest BCUT2D eigenvalue weighted by Crippen LogP contribution is 2.48. The molecular weight excluding hydrogens is 254 g/mol. The maximum Gasteiger partial charge on any atom is 0.380 e. The zero-order valence-electron chi connectivity index (χ0n) is 10.9. The maximum absolute atomic E-state index is 14.2. The standard InChI is InChI=1S/C14H16F2O3/c1-3-19-12(17)14(15,16)13(18)7-6-10-5-4-9(2)8-11(10)13/h4-5,8,18H,3,6-7H2,1-2H3. The topological polar surface area (TPSA) is 46.5 Å². The van der Waals surface area contributed by atoms with E-state index in [1.54, 1.807) is 19.1 Å². The minimum atomic E-state index is -3.94. The second-order valence-corrected chi connectivity index (χ2v) is 4.82. The number of fused-ring (bicyclic) bond motifs is 1. The van der Waals surface area contributed by atoms with Crippen LogP contribution in [0.1, 0.15) is 30.0 Å². The number of hydrogen-bond donors (Lipinski definition) is 1. The van der Waals surface area contributed by atoms with E-state index in [1.807, 2.05) is 0 Å². The van der Waals surface area contributed by atoms with E-state index in [4.69, 9.17) is 0 Å². The Labute approximate surface area is 110 Å². The number of benzene rings is 1. The van der Waals surface area contributed by atoms with Crippen molar-refractivity contribution >= 4 is 5.97 Å². The van der Waals surface area contributed by atoms with Crippen LogP contribution in [0.25, 0.3) is 0 Å². The van der Waals surface area contributed by atoms with Crippen LogP contribution in [0.2, 0.25) is 0 Å². The highest BCUT2D eigenvalue weighted by molar-refractivity contribution is 5.80. The molecule has 1 N–H and O–H groups in total. The number of alkyl halides is 2. The molecule has 3 nitrogen and oxygen atoms in total. The average Bonchev–Trinajstić information content (AvgIpc) is 2.69. The van der Waals surface area contributed by atoms with Crippen molar-refractivity contribution < 1.29 is 23.4 Å². The van der Waals surface area contributed by atoms with Crippen LogP contribution in [-0.2, 0) is 21.6 Å². The molecule has 0 spiro atoms. The second-order valence-electron chi connectivity index (χ2n) is 4.82. The highest BCUT2D eigenvalue weighted by atomic mass is 19.3. The predicted octanol–water partition coefficient (Wildman–Crippen LogP) is 2.33. The van der Waals surface area contributed by atoms with E-state index in [1.165, 1.54) is 13.0 Å². The van der Waals surface area contributed by atoms with Crippen molar-refractivity contribution in [1.82, 2.24) is 0 Å². The highest BCUT2D eigenvalue weighted by Gasteiger charge is 2.62. The fraction of sp³-hybridized carbons (Fsp3) is 0.500. The minimum absolute atomic E-state index is 0.130. The molecule has 0 radical (unpaired) electrons. The molecule has 1 aromatic carbocycles. The van der Waals surface area contributed by atoms with Crippen LogP contribution in [0.15, 0.2) is 18.2 Å². The molecule has 1 aliphatic rings. The normalized spacial score (nSPS) is 22.2. The third-order valence-electron chi connectivity index (χ3n) is 3.52. The van der Waals surface area contributed by atoms with Crippen molar-refractivity contribution in [3.05, 3.63) is 34.9 Å². The number of aliphatic hydroxyl groups is 1. The largest absolute Gasteiger partial charge is 0.461 e. The van der Waals surface area contributed by atoms with Gasteiger partial charge < -0.3 is 9.84 Å². The smallest absolute Gasteiger partial charge is 0.380 e. The Morgan fingerprint density at radius 3 is 2.84 bits per heavy atom. The summed E-state index contributed by atoms with van der Waals surface area (Å²) in [6.07, 6.45) is 0.138. The third-order valence-corrected chi connectivity index (χ3v) is 3.52. The Balaban J connectivity index is 2.46. The van der Waals surface area contributed by atoms with E-state index in [0.717, 1.165) is 5.56 Å². The SMILES string of the molecule is CCOC(=O)C(F)(F)C1(O)CCc2ccc(C)cc21. The number of carbonyl (C=O) groups is 1. The first-order valence-electron chi connectivity index (χ1n) is 6.20. The molecule has 104 valence electrons. The zero-order valence-corrected chi connectivity index (χ0v) is 10.9. The van der Waals surface area contributed by atoms with Gasteiger partial charge >= 0.3 is 11.9 Å². The summed E-state index contributed by atoms with van der Waals surface area (Å²) in [7, 11) is 0. The zero-order chi connectivity index (χ0) is 14.3. The van der Waals surface area contributed by atoms with Crippen LogP contribution < -0.4 is 0 Å². The number of carbonyl (C=O) groups excluding carboxylic acids is 1. The summed E-state index contributed by atoms with van der Waals surface area (Å²) in [4.78, 5) is 11.4. The number of halogens is 2. The molecule has 5 heteroatoms. The van der Waals surface area contributed by atoms with Gasteiger partial charge in [-0.05, 0) is 37.8 Å². The van der Waals surface area contributed by atoms with Crippen molar-refractivity contribution in [2.24, 2.45) is 0 Å². The number of esters is 1. The van der Waals surface area contributed by atoms with Gasteiger partial charge in [0.1, 0.15) is 0 Å². The summed E-state index contributed by atoms with van der Waals surface area (Å²) < 4.78 is 32.7. The summed E-state index contributed by atoms with van der Waals surface area (Å²) in [6.45, 7) is 3.05. The molecule has 1 unspecified atom stereocenters. The third kappa shape index (κ3) is 2.02. The summed E-state index contributed by atoms with van der Waals surface area (Å²) in [5.41, 5.74) is -0.929. The van der Waals surface area contributed by atoms with Gasteiger partial charge in [0.05, 0.1) is 6.61 Å². The van der Waals surface area contributed by atoms with Gasteiger partial charge in [-0.2, -0.15) is 8.78 Å². The molecule has 0 saturated carbocycles. The molecule has 0 fully saturated rings. The molecule has 0 amide bonds. The predicted molar refractivity (Wildman–Crippen MR) is 65.0 cm³/mol. The molecule has 0 bridgehead atoms. The summed E-state index contributed by atoms with van der Waals surface area (Å²) in [5, 5.41) is 10.3. The number of aryl methyl sites for hydroxylation is 2. The van der Waals surface area contributed by atoms with E-state index in [9.17, 15) is 18.7 Å². The van der Waals surface area contributed by atoms with Gasteiger partial charge in [-0.25, -0.2) is 4.79 Å². The Morgan fingerprint density at radius 2 is 2.21 bits per heavy atom. The molecule has 1 aliphatic carbocycles. The summed E-state index contributed by atoms with van der Waals surface area (Å²) >= 11 is 0.